The molecule has 2 atom stereocenters. The molecule has 0 amide bonds. The second kappa shape index (κ2) is 6.48. The van der Waals surface area contributed by atoms with Crippen LogP contribution < -0.4 is 0 Å². The predicted molar refractivity (Wildman–Crippen MR) is 85.5 cm³/mol. The predicted octanol–water partition coefficient (Wildman–Crippen LogP) is 1.01. The SMILES string of the molecule is O=C(OC1CS(=O)(=O)CC1N1CCCC1)c1cccc([N+](=O)[O-])c1. The Hall–Kier alpha value is -2.00. The van der Waals surface area contributed by atoms with Gasteiger partial charge in [-0.05, 0) is 32.0 Å². The molecule has 2 unspecified atom stereocenters. The van der Waals surface area contributed by atoms with Crippen molar-refractivity contribution in [3.63, 3.8) is 0 Å². The fraction of sp³-hybridized carbons (Fsp3) is 0.533. The lowest BCUT2D eigenvalue weighted by molar-refractivity contribution is -0.384. The van der Waals surface area contributed by atoms with E-state index in [1.165, 1.54) is 18.2 Å². The number of hydrogen-bond acceptors (Lipinski definition) is 7. The summed E-state index contributed by atoms with van der Waals surface area (Å²) in [6.07, 6.45) is 1.27. The van der Waals surface area contributed by atoms with Crippen molar-refractivity contribution in [3.05, 3.63) is 39.9 Å². The Bertz CT molecular complexity index is 757. The third-order valence-corrected chi connectivity index (χ3v) is 6.12. The summed E-state index contributed by atoms with van der Waals surface area (Å²) in [6.45, 7) is 1.59. The van der Waals surface area contributed by atoms with Crippen molar-refractivity contribution in [1.82, 2.24) is 4.90 Å². The molecule has 1 aromatic carbocycles. The lowest BCUT2D eigenvalue weighted by atomic mass is 10.1. The van der Waals surface area contributed by atoms with Gasteiger partial charge in [-0.2, -0.15) is 0 Å². The molecular formula is C15H18N2O6S. The van der Waals surface area contributed by atoms with Gasteiger partial charge >= 0.3 is 5.97 Å². The summed E-state index contributed by atoms with van der Waals surface area (Å²) in [7, 11) is -3.26. The largest absolute Gasteiger partial charge is 0.456 e. The minimum atomic E-state index is -3.26. The Morgan fingerprint density at radius 3 is 2.62 bits per heavy atom. The van der Waals surface area contributed by atoms with E-state index >= 15 is 0 Å². The zero-order valence-corrected chi connectivity index (χ0v) is 13.8. The lowest BCUT2D eigenvalue weighted by Gasteiger charge is -2.27. The normalized spacial score (nSPS) is 26.3. The van der Waals surface area contributed by atoms with Crippen molar-refractivity contribution >= 4 is 21.5 Å². The van der Waals surface area contributed by atoms with E-state index in [4.69, 9.17) is 4.74 Å². The summed E-state index contributed by atoms with van der Waals surface area (Å²) < 4.78 is 29.3. The highest BCUT2D eigenvalue weighted by molar-refractivity contribution is 7.91. The van der Waals surface area contributed by atoms with Crippen LogP contribution in [0.25, 0.3) is 0 Å². The average molecular weight is 354 g/mol. The molecular weight excluding hydrogens is 336 g/mol. The van der Waals surface area contributed by atoms with Crippen molar-refractivity contribution in [2.45, 2.75) is 25.0 Å². The van der Waals surface area contributed by atoms with Crippen LogP contribution in [-0.4, -0.2) is 61.0 Å². The summed E-state index contributed by atoms with van der Waals surface area (Å²) in [5.41, 5.74) is -0.159. The zero-order chi connectivity index (χ0) is 17.3. The van der Waals surface area contributed by atoms with Gasteiger partial charge in [-0.25, -0.2) is 13.2 Å². The highest BCUT2D eigenvalue weighted by atomic mass is 32.2. The van der Waals surface area contributed by atoms with Crippen LogP contribution in [0.2, 0.25) is 0 Å². The van der Waals surface area contributed by atoms with Gasteiger partial charge < -0.3 is 4.74 Å². The van der Waals surface area contributed by atoms with E-state index < -0.39 is 26.8 Å². The van der Waals surface area contributed by atoms with Crippen LogP contribution in [0, 0.1) is 10.1 Å². The first-order chi connectivity index (χ1) is 11.4. The summed E-state index contributed by atoms with van der Waals surface area (Å²) in [5, 5.41) is 10.8. The maximum absolute atomic E-state index is 12.3. The number of carbonyl (C=O) groups excluding carboxylic acids is 1. The van der Waals surface area contributed by atoms with Crippen LogP contribution >= 0.6 is 0 Å². The van der Waals surface area contributed by atoms with Gasteiger partial charge in [-0.15, -0.1) is 0 Å². The number of nitro benzene ring substituents is 1. The van der Waals surface area contributed by atoms with E-state index in [1.807, 2.05) is 0 Å². The number of hydrogen-bond donors (Lipinski definition) is 0. The molecule has 0 N–H and O–H groups in total. The number of likely N-dealkylation sites (tertiary alicyclic amines) is 1. The quantitative estimate of drug-likeness (QED) is 0.451. The maximum atomic E-state index is 12.3. The molecule has 8 nitrogen and oxygen atoms in total. The summed E-state index contributed by atoms with van der Waals surface area (Å²) in [5.74, 6) is -0.945. The first-order valence-electron chi connectivity index (χ1n) is 7.76. The molecule has 2 saturated heterocycles. The number of esters is 1. The molecule has 0 spiro atoms. The number of nitrogens with zero attached hydrogens (tertiary/aromatic N) is 2. The van der Waals surface area contributed by atoms with Crippen molar-refractivity contribution in [1.29, 1.82) is 0 Å². The third kappa shape index (κ3) is 3.57. The first-order valence-corrected chi connectivity index (χ1v) is 9.58. The smallest absolute Gasteiger partial charge is 0.338 e. The van der Waals surface area contributed by atoms with E-state index in [0.29, 0.717) is 0 Å². The van der Waals surface area contributed by atoms with Crippen LogP contribution in [0.15, 0.2) is 24.3 Å². The number of ether oxygens (including phenoxy) is 1. The standard InChI is InChI=1S/C15H18N2O6S/c18-15(11-4-3-5-12(8-11)17(19)20)23-14-10-24(21,22)9-13(14)16-6-1-2-7-16/h3-5,8,13-14H,1-2,6-7,9-10H2. The molecule has 0 saturated carbocycles. The highest BCUT2D eigenvalue weighted by Gasteiger charge is 2.44. The van der Waals surface area contributed by atoms with E-state index in [1.54, 1.807) is 0 Å². The van der Waals surface area contributed by atoms with Gasteiger partial charge in [0.05, 0.1) is 28.0 Å². The zero-order valence-electron chi connectivity index (χ0n) is 13.0. The topological polar surface area (TPSA) is 107 Å². The fourth-order valence-corrected chi connectivity index (χ4v) is 5.15. The molecule has 2 aliphatic rings. The summed E-state index contributed by atoms with van der Waals surface area (Å²) in [6, 6.07) is 4.91. The summed E-state index contributed by atoms with van der Waals surface area (Å²) >= 11 is 0. The molecule has 0 radical (unpaired) electrons. The van der Waals surface area contributed by atoms with Crippen molar-refractivity contribution in [2.24, 2.45) is 0 Å². The first kappa shape index (κ1) is 16.8. The highest BCUT2D eigenvalue weighted by Crippen LogP contribution is 2.26. The average Bonchev–Trinajstić information content (AvgIpc) is 3.14. The second-order valence-electron chi connectivity index (χ2n) is 6.14. The number of carbonyl (C=O) groups is 1. The third-order valence-electron chi connectivity index (χ3n) is 4.43. The minimum Gasteiger partial charge on any atom is -0.456 e. The fourth-order valence-electron chi connectivity index (χ4n) is 3.28. The van der Waals surface area contributed by atoms with E-state index in [0.717, 1.165) is 32.0 Å². The monoisotopic (exact) mass is 354 g/mol. The molecule has 0 aromatic heterocycles. The number of nitro groups is 1. The van der Waals surface area contributed by atoms with Gasteiger partial charge in [-0.1, -0.05) is 6.07 Å². The lowest BCUT2D eigenvalue weighted by Crippen LogP contribution is -2.43. The van der Waals surface area contributed by atoms with E-state index in [9.17, 15) is 23.3 Å². The van der Waals surface area contributed by atoms with Crippen LogP contribution in [0.1, 0.15) is 23.2 Å². The van der Waals surface area contributed by atoms with Gasteiger partial charge in [0, 0.05) is 12.1 Å². The molecule has 9 heteroatoms. The second-order valence-corrected chi connectivity index (χ2v) is 8.29. The molecule has 2 aliphatic heterocycles. The van der Waals surface area contributed by atoms with E-state index in [-0.39, 0.29) is 28.8 Å². The van der Waals surface area contributed by atoms with Crippen LogP contribution in [-0.2, 0) is 14.6 Å². The molecule has 0 bridgehead atoms. The Kier molecular flexibility index (Phi) is 4.55. The van der Waals surface area contributed by atoms with E-state index in [2.05, 4.69) is 4.90 Å². The number of benzene rings is 1. The molecule has 2 fully saturated rings. The molecule has 3 rings (SSSR count). The van der Waals surface area contributed by atoms with Gasteiger partial charge in [0.2, 0.25) is 0 Å². The Balaban J connectivity index is 1.76. The maximum Gasteiger partial charge on any atom is 0.338 e. The molecule has 24 heavy (non-hydrogen) atoms. The molecule has 130 valence electrons. The molecule has 0 aliphatic carbocycles. The van der Waals surface area contributed by atoms with Crippen molar-refractivity contribution < 1.29 is 22.9 Å². The number of sulfone groups is 1. The number of rotatable bonds is 4. The Morgan fingerprint density at radius 1 is 1.25 bits per heavy atom. The minimum absolute atomic E-state index is 0.0140. The van der Waals surface area contributed by atoms with Crippen LogP contribution in [0.5, 0.6) is 0 Å². The Labute approximate surface area is 139 Å². The van der Waals surface area contributed by atoms with Gasteiger partial charge in [0.15, 0.2) is 9.84 Å². The van der Waals surface area contributed by atoms with Gasteiger partial charge in [0.1, 0.15) is 6.10 Å². The molecule has 2 heterocycles. The van der Waals surface area contributed by atoms with Crippen molar-refractivity contribution in [2.75, 3.05) is 24.6 Å². The van der Waals surface area contributed by atoms with Gasteiger partial charge in [-0.3, -0.25) is 15.0 Å². The van der Waals surface area contributed by atoms with Crippen LogP contribution in [0.4, 0.5) is 5.69 Å². The number of non-ortho nitro benzene ring substituents is 1. The van der Waals surface area contributed by atoms with Crippen LogP contribution in [0.3, 0.4) is 0 Å². The summed E-state index contributed by atoms with van der Waals surface area (Å²) in [4.78, 5) is 24.5. The Morgan fingerprint density at radius 2 is 1.96 bits per heavy atom. The molecule has 1 aromatic rings. The van der Waals surface area contributed by atoms with Crippen molar-refractivity contribution in [3.8, 4) is 0 Å². The van der Waals surface area contributed by atoms with Gasteiger partial charge in [0.25, 0.3) is 5.69 Å².